The molecule has 1 aromatic carbocycles. The summed E-state index contributed by atoms with van der Waals surface area (Å²) in [6, 6.07) is 1.26. The molecule has 0 saturated carbocycles. The number of benzene rings is 1. The van der Waals surface area contributed by atoms with Crippen molar-refractivity contribution in [1.82, 2.24) is 0 Å². The van der Waals surface area contributed by atoms with E-state index >= 15 is 0 Å². The zero-order valence-corrected chi connectivity index (χ0v) is 10.9. The number of aromatic hydroxyl groups is 2. The first-order valence-corrected chi connectivity index (χ1v) is 5.58. The molecule has 4 nitrogen and oxygen atoms in total. The molecule has 0 unspecified atom stereocenters. The first kappa shape index (κ1) is 13.8. The van der Waals surface area contributed by atoms with Crippen molar-refractivity contribution in [2.45, 2.75) is 20.3 Å². The highest BCUT2D eigenvalue weighted by molar-refractivity contribution is 9.10. The van der Waals surface area contributed by atoms with E-state index in [4.69, 9.17) is 5.11 Å². The minimum absolute atomic E-state index is 0.0241. The van der Waals surface area contributed by atoms with Crippen LogP contribution in [0.15, 0.2) is 10.5 Å². The van der Waals surface area contributed by atoms with Gasteiger partial charge in [-0.2, -0.15) is 0 Å². The number of phenolic OH excluding ortho intramolecular Hbond substituents is 2. The van der Waals surface area contributed by atoms with Gasteiger partial charge in [-0.15, -0.1) is 0 Å². The Morgan fingerprint density at radius 1 is 1.41 bits per heavy atom. The Hall–Kier alpha value is -1.30. The van der Waals surface area contributed by atoms with Crippen LogP contribution in [0.1, 0.15) is 19.4 Å². The summed E-state index contributed by atoms with van der Waals surface area (Å²) < 4.78 is 13.2. The maximum absolute atomic E-state index is 13.2. The molecule has 1 rings (SSSR count). The molecule has 3 N–H and O–H groups in total. The Balaban J connectivity index is 3.21. The van der Waals surface area contributed by atoms with Crippen LogP contribution in [-0.2, 0) is 11.2 Å². The van der Waals surface area contributed by atoms with Gasteiger partial charge in [0.2, 0.25) is 0 Å². The number of phenols is 2. The van der Waals surface area contributed by atoms with Crippen LogP contribution in [0.5, 0.6) is 11.5 Å². The predicted molar refractivity (Wildman–Crippen MR) is 62.6 cm³/mol. The molecular formula is C11H12BrFO4. The van der Waals surface area contributed by atoms with Gasteiger partial charge < -0.3 is 15.3 Å². The first-order chi connectivity index (χ1) is 7.66. The third-order valence-electron chi connectivity index (χ3n) is 2.46. The van der Waals surface area contributed by atoms with Gasteiger partial charge in [0.1, 0.15) is 0 Å². The van der Waals surface area contributed by atoms with Crippen LogP contribution in [0.25, 0.3) is 0 Å². The van der Waals surface area contributed by atoms with Crippen molar-refractivity contribution in [2.24, 2.45) is 5.41 Å². The summed E-state index contributed by atoms with van der Waals surface area (Å²) in [4.78, 5) is 10.9. The molecule has 94 valence electrons. The second-order valence-corrected chi connectivity index (χ2v) is 5.25. The summed E-state index contributed by atoms with van der Waals surface area (Å²) in [7, 11) is 0. The van der Waals surface area contributed by atoms with Crippen LogP contribution in [0.4, 0.5) is 4.39 Å². The highest BCUT2D eigenvalue weighted by Gasteiger charge is 2.30. The number of halogens is 2. The topological polar surface area (TPSA) is 77.8 Å². The molecule has 0 saturated heterocycles. The first-order valence-electron chi connectivity index (χ1n) is 4.79. The lowest BCUT2D eigenvalue weighted by Crippen LogP contribution is -2.26. The molecule has 1 aromatic rings. The molecular weight excluding hydrogens is 295 g/mol. The van der Waals surface area contributed by atoms with Crippen LogP contribution in [0.2, 0.25) is 0 Å². The number of carbonyl (C=O) groups is 1. The van der Waals surface area contributed by atoms with Crippen molar-refractivity contribution in [2.75, 3.05) is 0 Å². The Morgan fingerprint density at radius 3 is 2.41 bits per heavy atom. The molecule has 6 heteroatoms. The molecule has 0 fully saturated rings. The number of hydrogen-bond donors (Lipinski definition) is 3. The van der Waals surface area contributed by atoms with E-state index in [1.54, 1.807) is 0 Å². The summed E-state index contributed by atoms with van der Waals surface area (Å²) in [5.41, 5.74) is -0.954. The SMILES string of the molecule is CC(C)(Cc1cc(Br)c(F)c(O)c1O)C(=O)O. The standard InChI is InChI=1S/C11H12BrFO4/c1-11(2,10(16)17)4-5-3-6(12)7(13)9(15)8(5)14/h3,14-15H,4H2,1-2H3,(H,16,17). The van der Waals surface area contributed by atoms with E-state index in [0.29, 0.717) is 0 Å². The molecule has 0 heterocycles. The lowest BCUT2D eigenvalue weighted by molar-refractivity contribution is -0.146. The van der Waals surface area contributed by atoms with Crippen molar-refractivity contribution in [1.29, 1.82) is 0 Å². The molecule has 0 aromatic heterocycles. The molecule has 0 amide bonds. The van der Waals surface area contributed by atoms with Gasteiger partial charge in [0, 0.05) is 5.56 Å². The van der Waals surface area contributed by atoms with Gasteiger partial charge in [0.05, 0.1) is 9.89 Å². The number of carboxylic acids is 1. The fourth-order valence-electron chi connectivity index (χ4n) is 1.34. The molecule has 0 aliphatic heterocycles. The van der Waals surface area contributed by atoms with E-state index in [1.165, 1.54) is 19.9 Å². The van der Waals surface area contributed by atoms with E-state index < -0.39 is 28.7 Å². The van der Waals surface area contributed by atoms with Crippen LogP contribution in [0.3, 0.4) is 0 Å². The second kappa shape index (κ2) is 4.52. The molecule has 0 aliphatic carbocycles. The normalized spacial score (nSPS) is 11.5. The third kappa shape index (κ3) is 2.69. The van der Waals surface area contributed by atoms with Crippen molar-refractivity contribution < 1.29 is 24.5 Å². The Bertz CT molecular complexity index is 471. The van der Waals surface area contributed by atoms with Gasteiger partial charge in [0.25, 0.3) is 0 Å². The number of aliphatic carboxylic acids is 1. The van der Waals surface area contributed by atoms with Crippen molar-refractivity contribution in [3.05, 3.63) is 21.9 Å². The van der Waals surface area contributed by atoms with Crippen molar-refractivity contribution in [3.63, 3.8) is 0 Å². The third-order valence-corrected chi connectivity index (χ3v) is 3.04. The van der Waals surface area contributed by atoms with Crippen molar-refractivity contribution in [3.8, 4) is 11.5 Å². The van der Waals surface area contributed by atoms with Crippen LogP contribution in [-0.4, -0.2) is 21.3 Å². The predicted octanol–water partition coefficient (Wildman–Crippen LogP) is 2.65. The number of hydrogen-bond acceptors (Lipinski definition) is 3. The smallest absolute Gasteiger partial charge is 0.309 e. The fourth-order valence-corrected chi connectivity index (χ4v) is 1.80. The average Bonchev–Trinajstić information content (AvgIpc) is 2.22. The Morgan fingerprint density at radius 2 is 1.94 bits per heavy atom. The van der Waals surface area contributed by atoms with E-state index in [1.807, 2.05) is 0 Å². The monoisotopic (exact) mass is 306 g/mol. The van der Waals surface area contributed by atoms with Crippen LogP contribution < -0.4 is 0 Å². The summed E-state index contributed by atoms with van der Waals surface area (Å²) in [6.45, 7) is 2.95. The molecule has 0 aliphatic rings. The molecule has 0 radical (unpaired) electrons. The quantitative estimate of drug-likeness (QED) is 0.750. The molecule has 17 heavy (non-hydrogen) atoms. The zero-order valence-electron chi connectivity index (χ0n) is 9.29. The number of rotatable bonds is 3. The summed E-state index contributed by atoms with van der Waals surface area (Å²) in [5.74, 6) is -3.52. The lowest BCUT2D eigenvalue weighted by Gasteiger charge is -2.20. The van der Waals surface area contributed by atoms with Gasteiger partial charge in [0.15, 0.2) is 17.3 Å². The number of carboxylic acid groups (broad SMARTS) is 1. The fraction of sp³-hybridized carbons (Fsp3) is 0.364. The molecule has 0 bridgehead atoms. The summed E-state index contributed by atoms with van der Waals surface area (Å²) in [5, 5.41) is 27.8. The van der Waals surface area contributed by atoms with E-state index in [9.17, 15) is 19.4 Å². The zero-order chi connectivity index (χ0) is 13.4. The lowest BCUT2D eigenvalue weighted by atomic mass is 9.85. The highest BCUT2D eigenvalue weighted by atomic mass is 79.9. The highest BCUT2D eigenvalue weighted by Crippen LogP contribution is 2.39. The van der Waals surface area contributed by atoms with E-state index in [0.717, 1.165) is 0 Å². The maximum atomic E-state index is 13.2. The van der Waals surface area contributed by atoms with E-state index in [-0.39, 0.29) is 16.5 Å². The Kier molecular flexibility index (Phi) is 3.66. The van der Waals surface area contributed by atoms with Gasteiger partial charge in [-0.05, 0) is 42.3 Å². The van der Waals surface area contributed by atoms with Crippen LogP contribution >= 0.6 is 15.9 Å². The second-order valence-electron chi connectivity index (χ2n) is 4.39. The minimum Gasteiger partial charge on any atom is -0.504 e. The molecule has 0 atom stereocenters. The van der Waals surface area contributed by atoms with Gasteiger partial charge in [-0.3, -0.25) is 4.79 Å². The van der Waals surface area contributed by atoms with E-state index in [2.05, 4.69) is 15.9 Å². The largest absolute Gasteiger partial charge is 0.504 e. The minimum atomic E-state index is -1.12. The van der Waals surface area contributed by atoms with Gasteiger partial charge >= 0.3 is 5.97 Å². The maximum Gasteiger partial charge on any atom is 0.309 e. The summed E-state index contributed by atoms with van der Waals surface area (Å²) >= 11 is 2.88. The van der Waals surface area contributed by atoms with Gasteiger partial charge in [-0.25, -0.2) is 4.39 Å². The molecule has 0 spiro atoms. The summed E-state index contributed by atoms with van der Waals surface area (Å²) in [6.07, 6.45) is -0.0272. The Labute approximate surface area is 106 Å². The van der Waals surface area contributed by atoms with Gasteiger partial charge in [-0.1, -0.05) is 0 Å². The average molecular weight is 307 g/mol. The van der Waals surface area contributed by atoms with Crippen LogP contribution in [0, 0.1) is 11.2 Å². The van der Waals surface area contributed by atoms with Crippen molar-refractivity contribution >= 4 is 21.9 Å².